The van der Waals surface area contributed by atoms with Crippen LogP contribution in [0.15, 0.2) is 48.8 Å². The molecule has 2 N–H and O–H groups in total. The summed E-state index contributed by atoms with van der Waals surface area (Å²) in [6, 6.07) is 8.31. The summed E-state index contributed by atoms with van der Waals surface area (Å²) in [5.41, 5.74) is 2.10. The lowest BCUT2D eigenvalue weighted by molar-refractivity contribution is 0.585. The van der Waals surface area contributed by atoms with Crippen molar-refractivity contribution in [2.24, 2.45) is 0 Å². The van der Waals surface area contributed by atoms with E-state index >= 15 is 0 Å². The summed E-state index contributed by atoms with van der Waals surface area (Å²) in [5.74, 6) is -1.09. The van der Waals surface area contributed by atoms with Crippen LogP contribution in [0.5, 0.6) is 0 Å². The summed E-state index contributed by atoms with van der Waals surface area (Å²) in [7, 11) is -3.42. The third-order valence-electron chi connectivity index (χ3n) is 3.65. The highest BCUT2D eigenvalue weighted by Crippen LogP contribution is 2.25. The average Bonchev–Trinajstić information content (AvgIpc) is 2.57. The highest BCUT2D eigenvalue weighted by molar-refractivity contribution is 7.92. The molecule has 6 nitrogen and oxygen atoms in total. The van der Waals surface area contributed by atoms with E-state index in [1.165, 1.54) is 18.5 Å². The van der Waals surface area contributed by atoms with Gasteiger partial charge in [-0.05, 0) is 36.8 Å². The van der Waals surface area contributed by atoms with Crippen LogP contribution in [0.1, 0.15) is 5.56 Å². The van der Waals surface area contributed by atoms with Gasteiger partial charge in [0.1, 0.15) is 17.5 Å². The fraction of sp³-hybridized carbons (Fsp3) is 0.111. The Morgan fingerprint density at radius 2 is 1.81 bits per heavy atom. The first kappa shape index (κ1) is 18.7. The zero-order valence-electron chi connectivity index (χ0n) is 14.5. The lowest BCUT2D eigenvalue weighted by atomic mass is 10.1. The van der Waals surface area contributed by atoms with Crippen molar-refractivity contribution in [3.63, 3.8) is 0 Å². The van der Waals surface area contributed by atoms with Crippen LogP contribution in [0.25, 0.3) is 11.3 Å². The Bertz CT molecular complexity index is 1100. The van der Waals surface area contributed by atoms with Gasteiger partial charge in [0, 0.05) is 17.3 Å². The molecule has 0 bridgehead atoms. The monoisotopic (exact) mass is 390 g/mol. The Kier molecular flexibility index (Phi) is 5.04. The first-order chi connectivity index (χ1) is 12.7. The molecule has 0 unspecified atom stereocenters. The Hall–Kier alpha value is -3.07. The molecule has 140 valence electrons. The van der Waals surface area contributed by atoms with Crippen LogP contribution in [0.2, 0.25) is 0 Å². The number of nitrogens with zero attached hydrogens (tertiary/aromatic N) is 2. The van der Waals surface area contributed by atoms with Crippen LogP contribution in [0.4, 0.5) is 26.0 Å². The van der Waals surface area contributed by atoms with Gasteiger partial charge >= 0.3 is 0 Å². The molecular weight excluding hydrogens is 374 g/mol. The van der Waals surface area contributed by atoms with Crippen LogP contribution in [0, 0.1) is 18.6 Å². The zero-order chi connectivity index (χ0) is 19.6. The molecule has 0 saturated carbocycles. The lowest BCUT2D eigenvalue weighted by Crippen LogP contribution is -2.10. The Balaban J connectivity index is 1.90. The molecule has 0 spiro atoms. The van der Waals surface area contributed by atoms with Crippen molar-refractivity contribution >= 4 is 27.2 Å². The number of hydrogen-bond donors (Lipinski definition) is 2. The Morgan fingerprint density at radius 1 is 1.04 bits per heavy atom. The Labute approximate surface area is 155 Å². The number of rotatable bonds is 5. The second kappa shape index (κ2) is 7.28. The van der Waals surface area contributed by atoms with Gasteiger partial charge in [0.2, 0.25) is 10.0 Å². The predicted octanol–water partition coefficient (Wildman–Crippen LogP) is 3.85. The van der Waals surface area contributed by atoms with Crippen molar-refractivity contribution in [1.82, 2.24) is 9.97 Å². The van der Waals surface area contributed by atoms with Gasteiger partial charge in [0.05, 0.1) is 30.0 Å². The maximum atomic E-state index is 14.0. The van der Waals surface area contributed by atoms with Crippen molar-refractivity contribution in [2.45, 2.75) is 6.92 Å². The van der Waals surface area contributed by atoms with E-state index in [-0.39, 0.29) is 11.3 Å². The van der Waals surface area contributed by atoms with Gasteiger partial charge in [-0.15, -0.1) is 0 Å². The molecule has 3 aromatic rings. The molecule has 3 rings (SSSR count). The van der Waals surface area contributed by atoms with Gasteiger partial charge in [0.15, 0.2) is 0 Å². The molecule has 0 amide bonds. The molecule has 9 heteroatoms. The molecule has 2 aromatic carbocycles. The minimum absolute atomic E-state index is 0.121. The quantitative estimate of drug-likeness (QED) is 0.691. The topological polar surface area (TPSA) is 84.0 Å². The standard InChI is InChI=1S/C18H16F2N4O2S/c1-11-3-5-13(8-16(11)24-27(2,25)26)22-18-10-21-9-17(23-18)14-6-4-12(19)7-15(14)20/h3-10,24H,1-2H3,(H,22,23). The third kappa shape index (κ3) is 4.76. The molecule has 1 aromatic heterocycles. The zero-order valence-corrected chi connectivity index (χ0v) is 15.3. The maximum Gasteiger partial charge on any atom is 0.229 e. The maximum absolute atomic E-state index is 14.0. The van der Waals surface area contributed by atoms with E-state index in [0.29, 0.717) is 17.2 Å². The number of halogens is 2. The summed E-state index contributed by atoms with van der Waals surface area (Å²) in [4.78, 5) is 8.30. The van der Waals surface area contributed by atoms with Crippen LogP contribution in [0.3, 0.4) is 0 Å². The van der Waals surface area contributed by atoms with Gasteiger partial charge < -0.3 is 5.32 Å². The average molecular weight is 390 g/mol. The van der Waals surface area contributed by atoms with Gasteiger partial charge in [-0.25, -0.2) is 22.2 Å². The second-order valence-electron chi connectivity index (χ2n) is 5.94. The fourth-order valence-electron chi connectivity index (χ4n) is 2.41. The molecule has 27 heavy (non-hydrogen) atoms. The number of aromatic nitrogens is 2. The number of sulfonamides is 1. The molecular formula is C18H16F2N4O2S. The van der Waals surface area contributed by atoms with E-state index in [0.717, 1.165) is 24.0 Å². The summed E-state index contributed by atoms with van der Waals surface area (Å²) >= 11 is 0. The molecule has 0 aliphatic heterocycles. The summed E-state index contributed by atoms with van der Waals surface area (Å²) < 4.78 is 52.4. The number of aryl methyl sites for hydroxylation is 1. The van der Waals surface area contributed by atoms with Crippen LogP contribution in [-0.4, -0.2) is 24.6 Å². The van der Waals surface area contributed by atoms with Gasteiger partial charge in [0.25, 0.3) is 0 Å². The largest absolute Gasteiger partial charge is 0.339 e. The van der Waals surface area contributed by atoms with Crippen LogP contribution in [-0.2, 0) is 10.0 Å². The summed E-state index contributed by atoms with van der Waals surface area (Å²) in [5, 5.41) is 2.99. The minimum Gasteiger partial charge on any atom is -0.339 e. The molecule has 0 radical (unpaired) electrons. The van der Waals surface area contributed by atoms with E-state index in [4.69, 9.17) is 0 Å². The van der Waals surface area contributed by atoms with Crippen LogP contribution >= 0.6 is 0 Å². The first-order valence-corrected chi connectivity index (χ1v) is 9.73. The SMILES string of the molecule is Cc1ccc(Nc2cncc(-c3ccc(F)cc3F)n2)cc1NS(C)(=O)=O. The summed E-state index contributed by atoms with van der Waals surface area (Å²) in [6.45, 7) is 1.77. The number of anilines is 3. The van der Waals surface area contributed by atoms with Crippen molar-refractivity contribution < 1.29 is 17.2 Å². The third-order valence-corrected chi connectivity index (χ3v) is 4.24. The van der Waals surface area contributed by atoms with Gasteiger partial charge in [-0.3, -0.25) is 9.71 Å². The Morgan fingerprint density at radius 3 is 2.52 bits per heavy atom. The van der Waals surface area contributed by atoms with Crippen molar-refractivity contribution in [2.75, 3.05) is 16.3 Å². The minimum atomic E-state index is -3.42. The highest BCUT2D eigenvalue weighted by Gasteiger charge is 2.10. The normalized spacial score (nSPS) is 11.3. The van der Waals surface area contributed by atoms with Crippen molar-refractivity contribution in [3.05, 3.63) is 66.0 Å². The van der Waals surface area contributed by atoms with Gasteiger partial charge in [-0.2, -0.15) is 0 Å². The molecule has 0 atom stereocenters. The highest BCUT2D eigenvalue weighted by atomic mass is 32.2. The fourth-order valence-corrected chi connectivity index (χ4v) is 3.03. The lowest BCUT2D eigenvalue weighted by Gasteiger charge is -2.12. The van der Waals surface area contributed by atoms with E-state index in [2.05, 4.69) is 20.0 Å². The summed E-state index contributed by atoms with van der Waals surface area (Å²) in [6.07, 6.45) is 3.88. The molecule has 0 saturated heterocycles. The van der Waals surface area contributed by atoms with Crippen LogP contribution < -0.4 is 10.0 Å². The molecule has 0 fully saturated rings. The van der Waals surface area contributed by atoms with E-state index in [9.17, 15) is 17.2 Å². The van der Waals surface area contributed by atoms with Gasteiger partial charge in [-0.1, -0.05) is 6.07 Å². The van der Waals surface area contributed by atoms with E-state index in [1.807, 2.05) is 0 Å². The van der Waals surface area contributed by atoms with E-state index < -0.39 is 21.7 Å². The first-order valence-electron chi connectivity index (χ1n) is 7.84. The predicted molar refractivity (Wildman–Crippen MR) is 100 cm³/mol. The smallest absolute Gasteiger partial charge is 0.229 e. The molecule has 0 aliphatic rings. The second-order valence-corrected chi connectivity index (χ2v) is 7.69. The number of benzene rings is 2. The number of hydrogen-bond acceptors (Lipinski definition) is 5. The molecule has 1 heterocycles. The van der Waals surface area contributed by atoms with Crippen molar-refractivity contribution in [3.8, 4) is 11.3 Å². The number of nitrogens with one attached hydrogen (secondary N) is 2. The van der Waals surface area contributed by atoms with Crippen molar-refractivity contribution in [1.29, 1.82) is 0 Å². The van der Waals surface area contributed by atoms with E-state index in [1.54, 1.807) is 25.1 Å². The molecule has 0 aliphatic carbocycles.